The zero-order chi connectivity index (χ0) is 11.8. The van der Waals surface area contributed by atoms with Gasteiger partial charge < -0.3 is 16.2 Å². The van der Waals surface area contributed by atoms with Crippen LogP contribution in [0.1, 0.15) is 28.8 Å². The highest BCUT2D eigenvalue weighted by Crippen LogP contribution is 2.34. The zero-order valence-electron chi connectivity index (χ0n) is 9.29. The standard InChI is InChI=1S/C12H16N2O2/c1-8-2-3-10(15)9(6-8)11(16)14-12(7-13)4-5-12/h2-3,6,15H,4-5,7,13H2,1H3,(H,14,16). The molecule has 0 aliphatic heterocycles. The second-order valence-electron chi connectivity index (χ2n) is 4.46. The molecular weight excluding hydrogens is 204 g/mol. The fourth-order valence-corrected chi connectivity index (χ4v) is 1.67. The van der Waals surface area contributed by atoms with E-state index in [1.165, 1.54) is 6.07 Å². The number of rotatable bonds is 3. The first-order chi connectivity index (χ1) is 7.56. The Balaban J connectivity index is 2.17. The number of benzene rings is 1. The maximum Gasteiger partial charge on any atom is 0.255 e. The number of amides is 1. The molecule has 0 radical (unpaired) electrons. The van der Waals surface area contributed by atoms with Crippen LogP contribution in [0.4, 0.5) is 0 Å². The molecule has 4 heteroatoms. The molecule has 0 atom stereocenters. The van der Waals surface area contributed by atoms with Gasteiger partial charge in [0.1, 0.15) is 5.75 Å². The Hall–Kier alpha value is -1.55. The van der Waals surface area contributed by atoms with Crippen molar-refractivity contribution in [3.05, 3.63) is 29.3 Å². The predicted molar refractivity (Wildman–Crippen MR) is 61.3 cm³/mol. The molecular formula is C12H16N2O2. The molecule has 1 aliphatic carbocycles. The van der Waals surface area contributed by atoms with Crippen LogP contribution < -0.4 is 11.1 Å². The highest BCUT2D eigenvalue weighted by atomic mass is 16.3. The van der Waals surface area contributed by atoms with Gasteiger partial charge in [0.15, 0.2) is 0 Å². The number of carbonyl (C=O) groups is 1. The van der Waals surface area contributed by atoms with E-state index < -0.39 is 0 Å². The van der Waals surface area contributed by atoms with Crippen molar-refractivity contribution in [3.63, 3.8) is 0 Å². The number of phenols is 1. The molecule has 1 aromatic carbocycles. The van der Waals surface area contributed by atoms with Crippen LogP contribution in [0.15, 0.2) is 18.2 Å². The molecule has 0 saturated heterocycles. The maximum absolute atomic E-state index is 11.9. The van der Waals surface area contributed by atoms with Crippen molar-refractivity contribution in [2.45, 2.75) is 25.3 Å². The lowest BCUT2D eigenvalue weighted by molar-refractivity contribution is 0.0930. The number of hydrogen-bond donors (Lipinski definition) is 3. The first-order valence-corrected chi connectivity index (χ1v) is 5.38. The van der Waals surface area contributed by atoms with E-state index in [0.717, 1.165) is 18.4 Å². The molecule has 1 fully saturated rings. The van der Waals surface area contributed by atoms with Crippen LogP contribution in [-0.4, -0.2) is 23.1 Å². The fourth-order valence-electron chi connectivity index (χ4n) is 1.67. The Morgan fingerprint density at radius 2 is 2.25 bits per heavy atom. The molecule has 0 heterocycles. The second-order valence-corrected chi connectivity index (χ2v) is 4.46. The van der Waals surface area contributed by atoms with Gasteiger partial charge in [-0.3, -0.25) is 4.79 Å². The summed E-state index contributed by atoms with van der Waals surface area (Å²) in [7, 11) is 0. The normalized spacial score (nSPS) is 16.9. The molecule has 0 bridgehead atoms. The molecule has 16 heavy (non-hydrogen) atoms. The van der Waals surface area contributed by atoms with Crippen molar-refractivity contribution in [1.29, 1.82) is 0 Å². The van der Waals surface area contributed by atoms with Crippen LogP contribution in [0.3, 0.4) is 0 Å². The number of nitrogens with one attached hydrogen (secondary N) is 1. The van der Waals surface area contributed by atoms with Gasteiger partial charge in [0.25, 0.3) is 5.91 Å². The Kier molecular flexibility index (Phi) is 2.59. The topological polar surface area (TPSA) is 75.3 Å². The lowest BCUT2D eigenvalue weighted by Gasteiger charge is -2.15. The lowest BCUT2D eigenvalue weighted by Crippen LogP contribution is -2.42. The summed E-state index contributed by atoms with van der Waals surface area (Å²) in [6, 6.07) is 4.98. The van der Waals surface area contributed by atoms with Crippen molar-refractivity contribution in [2.75, 3.05) is 6.54 Å². The van der Waals surface area contributed by atoms with Crippen molar-refractivity contribution in [3.8, 4) is 5.75 Å². The van der Waals surface area contributed by atoms with Gasteiger partial charge in [-0.25, -0.2) is 0 Å². The van der Waals surface area contributed by atoms with Crippen LogP contribution in [0.25, 0.3) is 0 Å². The van der Waals surface area contributed by atoms with Gasteiger partial charge in [0.2, 0.25) is 0 Å². The lowest BCUT2D eigenvalue weighted by atomic mass is 10.1. The van der Waals surface area contributed by atoms with Crippen molar-refractivity contribution >= 4 is 5.91 Å². The minimum absolute atomic E-state index is 0.0101. The Bertz CT molecular complexity index is 425. The molecule has 1 amide bonds. The van der Waals surface area contributed by atoms with E-state index >= 15 is 0 Å². The zero-order valence-corrected chi connectivity index (χ0v) is 9.29. The number of carbonyl (C=O) groups excluding carboxylic acids is 1. The summed E-state index contributed by atoms with van der Waals surface area (Å²) >= 11 is 0. The van der Waals surface area contributed by atoms with E-state index in [1.54, 1.807) is 12.1 Å². The molecule has 4 nitrogen and oxygen atoms in total. The second kappa shape index (κ2) is 3.79. The summed E-state index contributed by atoms with van der Waals surface area (Å²) < 4.78 is 0. The van der Waals surface area contributed by atoms with E-state index in [1.807, 2.05) is 6.92 Å². The summed E-state index contributed by atoms with van der Waals surface area (Å²) in [5.74, 6) is -0.236. The third kappa shape index (κ3) is 2.02. The molecule has 4 N–H and O–H groups in total. The smallest absolute Gasteiger partial charge is 0.255 e. The minimum atomic E-state index is -0.246. The van der Waals surface area contributed by atoms with Gasteiger partial charge in [0, 0.05) is 6.54 Å². The number of nitrogens with two attached hydrogens (primary N) is 1. The molecule has 2 rings (SSSR count). The van der Waals surface area contributed by atoms with Crippen molar-refractivity contribution < 1.29 is 9.90 Å². The first kappa shape index (κ1) is 11.0. The Morgan fingerprint density at radius 3 is 2.81 bits per heavy atom. The number of hydrogen-bond acceptors (Lipinski definition) is 3. The summed E-state index contributed by atoms with van der Waals surface area (Å²) in [5.41, 5.74) is 6.62. The van der Waals surface area contributed by atoms with E-state index in [9.17, 15) is 9.90 Å². The third-order valence-corrected chi connectivity index (χ3v) is 3.02. The largest absolute Gasteiger partial charge is 0.507 e. The van der Waals surface area contributed by atoms with Crippen molar-refractivity contribution in [1.82, 2.24) is 5.32 Å². The molecule has 1 aliphatic rings. The molecule has 1 aromatic rings. The molecule has 0 unspecified atom stereocenters. The van der Waals surface area contributed by atoms with Crippen LogP contribution in [-0.2, 0) is 0 Å². The average Bonchev–Trinajstić information content (AvgIpc) is 3.02. The molecule has 86 valence electrons. The highest BCUT2D eigenvalue weighted by Gasteiger charge is 2.42. The summed E-state index contributed by atoms with van der Waals surface area (Å²) in [4.78, 5) is 11.9. The summed E-state index contributed by atoms with van der Waals surface area (Å²) in [5, 5.41) is 12.5. The molecule has 0 spiro atoms. The number of aryl methyl sites for hydroxylation is 1. The van der Waals surface area contributed by atoms with Gasteiger partial charge in [-0.15, -0.1) is 0 Å². The van der Waals surface area contributed by atoms with Gasteiger partial charge in [-0.05, 0) is 31.9 Å². The van der Waals surface area contributed by atoms with Crippen LogP contribution in [0, 0.1) is 6.92 Å². The van der Waals surface area contributed by atoms with E-state index in [-0.39, 0.29) is 17.2 Å². The van der Waals surface area contributed by atoms with E-state index in [0.29, 0.717) is 12.1 Å². The quantitative estimate of drug-likeness (QED) is 0.709. The average molecular weight is 220 g/mol. The van der Waals surface area contributed by atoms with E-state index in [2.05, 4.69) is 5.32 Å². The van der Waals surface area contributed by atoms with E-state index in [4.69, 9.17) is 5.73 Å². The fraction of sp³-hybridized carbons (Fsp3) is 0.417. The molecule has 0 aromatic heterocycles. The van der Waals surface area contributed by atoms with Gasteiger partial charge in [0.05, 0.1) is 11.1 Å². The first-order valence-electron chi connectivity index (χ1n) is 5.38. The van der Waals surface area contributed by atoms with Crippen LogP contribution >= 0.6 is 0 Å². The Morgan fingerprint density at radius 1 is 1.56 bits per heavy atom. The van der Waals surface area contributed by atoms with Crippen LogP contribution in [0.5, 0.6) is 5.75 Å². The van der Waals surface area contributed by atoms with Gasteiger partial charge in [-0.1, -0.05) is 11.6 Å². The molecule has 1 saturated carbocycles. The SMILES string of the molecule is Cc1ccc(O)c(C(=O)NC2(CN)CC2)c1. The third-order valence-electron chi connectivity index (χ3n) is 3.02. The summed E-state index contributed by atoms with van der Waals surface area (Å²) in [6.07, 6.45) is 1.84. The predicted octanol–water partition coefficient (Wildman–Crippen LogP) is 0.922. The maximum atomic E-state index is 11.9. The summed E-state index contributed by atoms with van der Waals surface area (Å²) in [6.45, 7) is 2.33. The van der Waals surface area contributed by atoms with Crippen molar-refractivity contribution in [2.24, 2.45) is 5.73 Å². The highest BCUT2D eigenvalue weighted by molar-refractivity contribution is 5.97. The van der Waals surface area contributed by atoms with Gasteiger partial charge >= 0.3 is 0 Å². The Labute approximate surface area is 94.5 Å². The number of aromatic hydroxyl groups is 1. The minimum Gasteiger partial charge on any atom is -0.507 e. The monoisotopic (exact) mass is 220 g/mol. The van der Waals surface area contributed by atoms with Gasteiger partial charge in [-0.2, -0.15) is 0 Å². The number of phenolic OH excluding ortho intramolecular Hbond substituents is 1. The van der Waals surface area contributed by atoms with Crippen LogP contribution in [0.2, 0.25) is 0 Å².